The first kappa shape index (κ1) is 18.9. The lowest BCUT2D eigenvalue weighted by Crippen LogP contribution is -2.28. The van der Waals surface area contributed by atoms with Gasteiger partial charge in [-0.1, -0.05) is 13.8 Å². The topological polar surface area (TPSA) is 24.5 Å². The molecule has 21 heavy (non-hydrogen) atoms. The van der Waals surface area contributed by atoms with Crippen molar-refractivity contribution in [1.29, 1.82) is 0 Å². The number of likely N-dealkylation sites (tertiary alicyclic amines) is 1. The van der Waals surface area contributed by atoms with Crippen molar-refractivity contribution < 1.29 is 4.74 Å². The van der Waals surface area contributed by atoms with Gasteiger partial charge < -0.3 is 15.0 Å². The first-order chi connectivity index (χ1) is 10.1. The SMILES string of the molecule is CC1CCCO1.CC1CCN(C)CC1.CC1CCNCC1. The largest absolute Gasteiger partial charge is 0.379 e. The summed E-state index contributed by atoms with van der Waals surface area (Å²) in [6.45, 7) is 12.9. The molecule has 1 N–H and O–H groups in total. The van der Waals surface area contributed by atoms with Gasteiger partial charge in [0.1, 0.15) is 0 Å². The van der Waals surface area contributed by atoms with Crippen molar-refractivity contribution in [2.45, 2.75) is 65.4 Å². The fourth-order valence-electron chi connectivity index (χ4n) is 2.84. The van der Waals surface area contributed by atoms with Crippen LogP contribution in [-0.2, 0) is 4.74 Å². The molecule has 1 unspecified atom stereocenters. The second-order valence-corrected chi connectivity index (χ2v) is 7.24. The van der Waals surface area contributed by atoms with Crippen LogP contribution in [0, 0.1) is 11.8 Å². The van der Waals surface area contributed by atoms with Crippen LogP contribution in [0.5, 0.6) is 0 Å². The summed E-state index contributed by atoms with van der Waals surface area (Å²) in [6.07, 6.45) is 8.62. The van der Waals surface area contributed by atoms with Crippen LogP contribution in [0.1, 0.15) is 59.3 Å². The Morgan fingerprint density at radius 3 is 1.71 bits per heavy atom. The van der Waals surface area contributed by atoms with E-state index in [1.165, 1.54) is 64.7 Å². The van der Waals surface area contributed by atoms with Crippen molar-refractivity contribution in [2.75, 3.05) is 39.8 Å². The molecular weight excluding hydrogens is 260 g/mol. The van der Waals surface area contributed by atoms with E-state index in [1.807, 2.05) is 0 Å². The van der Waals surface area contributed by atoms with Gasteiger partial charge in [0, 0.05) is 6.61 Å². The highest BCUT2D eigenvalue weighted by Gasteiger charge is 2.10. The van der Waals surface area contributed by atoms with Crippen LogP contribution in [-0.4, -0.2) is 50.8 Å². The summed E-state index contributed by atoms with van der Waals surface area (Å²) in [5.74, 6) is 1.95. The fourth-order valence-corrected chi connectivity index (χ4v) is 2.84. The van der Waals surface area contributed by atoms with Crippen LogP contribution in [0.25, 0.3) is 0 Å². The van der Waals surface area contributed by atoms with Gasteiger partial charge in [-0.15, -0.1) is 0 Å². The molecule has 3 heterocycles. The first-order valence-electron chi connectivity index (χ1n) is 9.08. The minimum absolute atomic E-state index is 0.546. The summed E-state index contributed by atoms with van der Waals surface area (Å²) in [5, 5.41) is 3.32. The maximum Gasteiger partial charge on any atom is 0.0547 e. The molecule has 0 saturated carbocycles. The molecule has 0 spiro atoms. The van der Waals surface area contributed by atoms with Crippen molar-refractivity contribution in [1.82, 2.24) is 10.2 Å². The van der Waals surface area contributed by atoms with E-state index in [2.05, 4.69) is 38.0 Å². The molecule has 0 aliphatic carbocycles. The zero-order valence-corrected chi connectivity index (χ0v) is 14.9. The van der Waals surface area contributed by atoms with Crippen LogP contribution >= 0.6 is 0 Å². The second-order valence-electron chi connectivity index (χ2n) is 7.24. The van der Waals surface area contributed by atoms with Gasteiger partial charge in [-0.3, -0.25) is 0 Å². The van der Waals surface area contributed by atoms with Crippen molar-refractivity contribution in [3.05, 3.63) is 0 Å². The zero-order valence-electron chi connectivity index (χ0n) is 14.9. The van der Waals surface area contributed by atoms with E-state index in [1.54, 1.807) is 0 Å². The molecule has 0 aromatic heterocycles. The Labute approximate surface area is 132 Å². The highest BCUT2D eigenvalue weighted by atomic mass is 16.5. The number of nitrogens with one attached hydrogen (secondary N) is 1. The molecule has 3 heteroatoms. The van der Waals surface area contributed by atoms with E-state index in [0.717, 1.165) is 18.4 Å². The molecule has 3 nitrogen and oxygen atoms in total. The molecule has 0 bridgehead atoms. The van der Waals surface area contributed by atoms with Crippen LogP contribution < -0.4 is 5.32 Å². The molecule has 0 radical (unpaired) electrons. The van der Waals surface area contributed by atoms with Gasteiger partial charge in [-0.25, -0.2) is 0 Å². The van der Waals surface area contributed by atoms with Crippen LogP contribution in [0.15, 0.2) is 0 Å². The number of nitrogens with zero attached hydrogens (tertiary/aromatic N) is 1. The van der Waals surface area contributed by atoms with E-state index >= 15 is 0 Å². The Kier molecular flexibility index (Phi) is 10.3. The van der Waals surface area contributed by atoms with E-state index in [-0.39, 0.29) is 0 Å². The third-order valence-electron chi connectivity index (χ3n) is 4.79. The number of ether oxygens (including phenoxy) is 1. The van der Waals surface area contributed by atoms with Gasteiger partial charge >= 0.3 is 0 Å². The van der Waals surface area contributed by atoms with Gasteiger partial charge in [0.25, 0.3) is 0 Å². The predicted molar refractivity (Wildman–Crippen MR) is 91.8 cm³/mol. The Morgan fingerprint density at radius 2 is 1.43 bits per heavy atom. The highest BCUT2D eigenvalue weighted by Crippen LogP contribution is 2.13. The molecule has 3 fully saturated rings. The lowest BCUT2D eigenvalue weighted by molar-refractivity contribution is 0.125. The summed E-state index contributed by atoms with van der Waals surface area (Å²) in [7, 11) is 2.20. The molecule has 1 atom stereocenters. The van der Waals surface area contributed by atoms with Gasteiger partial charge in [0.2, 0.25) is 0 Å². The zero-order chi connectivity index (χ0) is 15.5. The van der Waals surface area contributed by atoms with Gasteiger partial charge in [-0.05, 0) is 90.5 Å². The maximum absolute atomic E-state index is 5.15. The Hall–Kier alpha value is -0.120. The maximum atomic E-state index is 5.15. The minimum atomic E-state index is 0.546. The number of hydrogen-bond donors (Lipinski definition) is 1. The van der Waals surface area contributed by atoms with Crippen molar-refractivity contribution in [3.63, 3.8) is 0 Å². The number of hydrogen-bond acceptors (Lipinski definition) is 3. The average Bonchev–Trinajstić information content (AvgIpc) is 2.95. The summed E-state index contributed by atoms with van der Waals surface area (Å²) in [6, 6.07) is 0. The molecule has 126 valence electrons. The summed E-state index contributed by atoms with van der Waals surface area (Å²) in [4.78, 5) is 2.40. The molecule has 3 rings (SSSR count). The lowest BCUT2D eigenvalue weighted by atomic mass is 10.00. The Bertz CT molecular complexity index is 217. The van der Waals surface area contributed by atoms with Crippen LogP contribution in [0.3, 0.4) is 0 Å². The standard InChI is InChI=1S/C7H15N.C6H13N.C5H10O/c1-7-3-5-8(2)6-4-7;1-6-2-4-7-5-3-6;1-5-3-2-4-6-5/h7H,3-6H2,1-2H3;6-7H,2-5H2,1H3;5H,2-4H2,1H3. The summed E-state index contributed by atoms with van der Waals surface area (Å²) >= 11 is 0. The monoisotopic (exact) mass is 298 g/mol. The van der Waals surface area contributed by atoms with Gasteiger partial charge in [0.05, 0.1) is 6.10 Å². The highest BCUT2D eigenvalue weighted by molar-refractivity contribution is 4.65. The minimum Gasteiger partial charge on any atom is -0.379 e. The third-order valence-corrected chi connectivity index (χ3v) is 4.79. The van der Waals surface area contributed by atoms with E-state index in [0.29, 0.717) is 6.10 Å². The molecule has 3 aliphatic rings. The number of rotatable bonds is 0. The predicted octanol–water partition coefficient (Wildman–Crippen LogP) is 3.54. The molecular formula is C18H38N2O. The quantitative estimate of drug-likeness (QED) is 0.740. The second kappa shape index (κ2) is 11.4. The average molecular weight is 299 g/mol. The fraction of sp³-hybridized carbons (Fsp3) is 1.00. The summed E-state index contributed by atoms with van der Waals surface area (Å²) in [5.41, 5.74) is 0. The van der Waals surface area contributed by atoms with E-state index in [9.17, 15) is 0 Å². The van der Waals surface area contributed by atoms with Crippen molar-refractivity contribution in [2.24, 2.45) is 11.8 Å². The Balaban J connectivity index is 0.000000159. The lowest BCUT2D eigenvalue weighted by Gasteiger charge is -2.26. The van der Waals surface area contributed by atoms with E-state index in [4.69, 9.17) is 4.74 Å². The van der Waals surface area contributed by atoms with Gasteiger partial charge in [-0.2, -0.15) is 0 Å². The van der Waals surface area contributed by atoms with Crippen molar-refractivity contribution >= 4 is 0 Å². The van der Waals surface area contributed by atoms with Crippen LogP contribution in [0.2, 0.25) is 0 Å². The smallest absolute Gasteiger partial charge is 0.0547 e. The molecule has 0 aromatic rings. The Morgan fingerprint density at radius 1 is 0.857 bits per heavy atom. The molecule has 0 amide bonds. The number of piperidine rings is 2. The van der Waals surface area contributed by atoms with Gasteiger partial charge in [0.15, 0.2) is 0 Å². The molecule has 0 aromatic carbocycles. The summed E-state index contributed by atoms with van der Waals surface area (Å²) < 4.78 is 5.15. The molecule has 3 aliphatic heterocycles. The normalized spacial score (nSPS) is 28.3. The van der Waals surface area contributed by atoms with Crippen molar-refractivity contribution in [3.8, 4) is 0 Å². The first-order valence-corrected chi connectivity index (χ1v) is 9.08. The van der Waals surface area contributed by atoms with E-state index < -0.39 is 0 Å². The third kappa shape index (κ3) is 10.3. The van der Waals surface area contributed by atoms with Crippen LogP contribution in [0.4, 0.5) is 0 Å². The molecule has 3 saturated heterocycles.